The Kier molecular flexibility index (Phi) is 5.41. The van der Waals surface area contributed by atoms with Gasteiger partial charge >= 0.3 is 6.09 Å². The second-order valence-corrected chi connectivity index (χ2v) is 5.41. The smallest absolute Gasteiger partial charge is 0.410 e. The average molecular weight is 277 g/mol. The molecule has 0 radical (unpaired) electrons. The predicted octanol–water partition coefficient (Wildman–Crippen LogP) is 2.81. The van der Waals surface area contributed by atoms with Crippen molar-refractivity contribution in [3.05, 3.63) is 35.9 Å². The molecule has 0 aliphatic carbocycles. The zero-order chi connectivity index (χ0) is 14.4. The number of nitrogens with zero attached hydrogens (tertiary/aromatic N) is 1. The van der Waals surface area contributed by atoms with Crippen molar-refractivity contribution in [1.29, 1.82) is 0 Å². The maximum Gasteiger partial charge on any atom is 0.410 e. The Bertz CT molecular complexity index is 421. The van der Waals surface area contributed by atoms with Gasteiger partial charge in [-0.3, -0.25) is 0 Å². The fourth-order valence-corrected chi connectivity index (χ4v) is 2.56. The van der Waals surface area contributed by atoms with Crippen molar-refractivity contribution in [2.24, 2.45) is 5.92 Å². The summed E-state index contributed by atoms with van der Waals surface area (Å²) in [6, 6.07) is 9.62. The first-order valence-electron chi connectivity index (χ1n) is 7.34. The van der Waals surface area contributed by atoms with Gasteiger partial charge in [0.1, 0.15) is 6.61 Å². The minimum atomic E-state index is -0.411. The number of β-amino-alcohol motifs (C(OH)–C–C–N with tert-alkyl or cyclic N) is 1. The van der Waals surface area contributed by atoms with E-state index in [1.165, 1.54) is 0 Å². The van der Waals surface area contributed by atoms with Crippen molar-refractivity contribution in [2.75, 3.05) is 13.1 Å². The molecule has 4 heteroatoms. The van der Waals surface area contributed by atoms with Crippen LogP contribution in [0.2, 0.25) is 0 Å². The molecule has 2 atom stereocenters. The van der Waals surface area contributed by atoms with Crippen LogP contribution in [0.5, 0.6) is 0 Å². The fourth-order valence-electron chi connectivity index (χ4n) is 2.56. The molecule has 20 heavy (non-hydrogen) atoms. The number of unbranched alkanes of at least 4 members (excludes halogenated alkanes) is 1. The van der Waals surface area contributed by atoms with E-state index in [-0.39, 0.29) is 18.6 Å². The van der Waals surface area contributed by atoms with Gasteiger partial charge in [-0.25, -0.2) is 4.79 Å². The molecule has 1 fully saturated rings. The van der Waals surface area contributed by atoms with Gasteiger partial charge in [0.05, 0.1) is 12.6 Å². The van der Waals surface area contributed by atoms with Crippen molar-refractivity contribution < 1.29 is 14.6 Å². The Balaban J connectivity index is 1.79. The highest BCUT2D eigenvalue weighted by molar-refractivity contribution is 5.68. The standard InChI is InChI=1S/C16H23NO3/c1-2-3-9-14-10-17(11-15(14)18)16(19)20-12-13-7-5-4-6-8-13/h4-8,14-15,18H,2-3,9-12H2,1H3/t14-,15-/m0/s1. The lowest BCUT2D eigenvalue weighted by Crippen LogP contribution is -2.30. The molecule has 4 nitrogen and oxygen atoms in total. The molecular weight excluding hydrogens is 254 g/mol. The molecule has 0 unspecified atom stereocenters. The Morgan fingerprint density at radius 2 is 2.10 bits per heavy atom. The van der Waals surface area contributed by atoms with E-state index >= 15 is 0 Å². The van der Waals surface area contributed by atoms with Gasteiger partial charge in [0.2, 0.25) is 0 Å². The van der Waals surface area contributed by atoms with E-state index in [1.54, 1.807) is 4.90 Å². The third-order valence-corrected chi connectivity index (χ3v) is 3.80. The molecule has 1 aromatic carbocycles. The SMILES string of the molecule is CCCC[C@H]1CN(C(=O)OCc2ccccc2)C[C@@H]1O. The molecule has 1 amide bonds. The Morgan fingerprint density at radius 1 is 1.35 bits per heavy atom. The molecule has 0 spiro atoms. The zero-order valence-corrected chi connectivity index (χ0v) is 12.0. The van der Waals surface area contributed by atoms with Crippen molar-refractivity contribution in [2.45, 2.75) is 38.9 Å². The van der Waals surface area contributed by atoms with Gasteiger partial charge in [-0.15, -0.1) is 0 Å². The molecule has 1 aromatic rings. The number of aliphatic hydroxyl groups excluding tert-OH is 1. The van der Waals surface area contributed by atoms with E-state index in [0.29, 0.717) is 13.1 Å². The maximum atomic E-state index is 12.0. The number of benzene rings is 1. The van der Waals surface area contributed by atoms with Gasteiger partial charge in [0.15, 0.2) is 0 Å². The molecule has 1 heterocycles. The second kappa shape index (κ2) is 7.29. The third kappa shape index (κ3) is 3.97. The number of ether oxygens (including phenoxy) is 1. The molecule has 1 aliphatic rings. The molecule has 2 rings (SSSR count). The van der Waals surface area contributed by atoms with Crippen molar-refractivity contribution >= 4 is 6.09 Å². The largest absolute Gasteiger partial charge is 0.445 e. The maximum absolute atomic E-state index is 12.0. The number of aliphatic hydroxyl groups is 1. The van der Waals surface area contributed by atoms with E-state index in [1.807, 2.05) is 30.3 Å². The van der Waals surface area contributed by atoms with Crippen LogP contribution in [-0.2, 0) is 11.3 Å². The van der Waals surface area contributed by atoms with Gasteiger partial charge in [-0.1, -0.05) is 50.1 Å². The monoisotopic (exact) mass is 277 g/mol. The highest BCUT2D eigenvalue weighted by atomic mass is 16.6. The van der Waals surface area contributed by atoms with E-state index in [2.05, 4.69) is 6.92 Å². The summed E-state index contributed by atoms with van der Waals surface area (Å²) in [4.78, 5) is 13.6. The van der Waals surface area contributed by atoms with E-state index in [0.717, 1.165) is 24.8 Å². The number of carbonyl (C=O) groups is 1. The first-order chi connectivity index (χ1) is 9.70. The number of likely N-dealkylation sites (tertiary alicyclic amines) is 1. The topological polar surface area (TPSA) is 49.8 Å². The predicted molar refractivity (Wildman–Crippen MR) is 77.2 cm³/mol. The van der Waals surface area contributed by atoms with Crippen LogP contribution in [0.4, 0.5) is 4.79 Å². The van der Waals surface area contributed by atoms with Crippen LogP contribution >= 0.6 is 0 Å². The van der Waals surface area contributed by atoms with Crippen LogP contribution in [0, 0.1) is 5.92 Å². The normalized spacial score (nSPS) is 22.0. The first kappa shape index (κ1) is 14.9. The summed E-state index contributed by atoms with van der Waals surface area (Å²) in [7, 11) is 0. The Hall–Kier alpha value is -1.55. The molecule has 1 saturated heterocycles. The third-order valence-electron chi connectivity index (χ3n) is 3.80. The summed E-state index contributed by atoms with van der Waals surface area (Å²) in [5, 5.41) is 9.97. The summed E-state index contributed by atoms with van der Waals surface area (Å²) in [6.07, 6.45) is 2.44. The van der Waals surface area contributed by atoms with Crippen LogP contribution in [0.1, 0.15) is 31.7 Å². The van der Waals surface area contributed by atoms with Crippen LogP contribution < -0.4 is 0 Å². The fraction of sp³-hybridized carbons (Fsp3) is 0.562. The number of carbonyl (C=O) groups excluding carboxylic acids is 1. The van der Waals surface area contributed by atoms with Gasteiger partial charge in [0.25, 0.3) is 0 Å². The average Bonchev–Trinajstić information content (AvgIpc) is 2.85. The summed E-state index contributed by atoms with van der Waals surface area (Å²) < 4.78 is 5.29. The van der Waals surface area contributed by atoms with Crippen LogP contribution in [0.15, 0.2) is 30.3 Å². The minimum absolute atomic E-state index is 0.194. The number of hydrogen-bond acceptors (Lipinski definition) is 3. The summed E-state index contributed by atoms with van der Waals surface area (Å²) in [5.41, 5.74) is 0.975. The molecule has 0 aromatic heterocycles. The summed E-state index contributed by atoms with van der Waals surface area (Å²) >= 11 is 0. The van der Waals surface area contributed by atoms with Gasteiger partial charge < -0.3 is 14.7 Å². The second-order valence-electron chi connectivity index (χ2n) is 5.41. The van der Waals surface area contributed by atoms with Gasteiger partial charge in [0, 0.05) is 12.5 Å². The lowest BCUT2D eigenvalue weighted by Gasteiger charge is -2.16. The van der Waals surface area contributed by atoms with Gasteiger partial charge in [-0.05, 0) is 12.0 Å². The minimum Gasteiger partial charge on any atom is -0.445 e. The van der Waals surface area contributed by atoms with Crippen LogP contribution in [-0.4, -0.2) is 35.3 Å². The number of hydrogen-bond donors (Lipinski definition) is 1. The van der Waals surface area contributed by atoms with Crippen molar-refractivity contribution in [3.8, 4) is 0 Å². The molecule has 1 N–H and O–H groups in total. The summed E-state index contributed by atoms with van der Waals surface area (Å²) in [6.45, 7) is 3.41. The highest BCUT2D eigenvalue weighted by Crippen LogP contribution is 2.23. The van der Waals surface area contributed by atoms with Crippen molar-refractivity contribution in [3.63, 3.8) is 0 Å². The summed E-state index contributed by atoms with van der Waals surface area (Å²) in [5.74, 6) is 0.194. The Morgan fingerprint density at radius 3 is 2.80 bits per heavy atom. The van der Waals surface area contributed by atoms with E-state index in [4.69, 9.17) is 4.74 Å². The number of rotatable bonds is 5. The quantitative estimate of drug-likeness (QED) is 0.900. The zero-order valence-electron chi connectivity index (χ0n) is 12.0. The molecule has 0 saturated carbocycles. The van der Waals surface area contributed by atoms with E-state index < -0.39 is 6.10 Å². The molecule has 1 aliphatic heterocycles. The van der Waals surface area contributed by atoms with Crippen LogP contribution in [0.25, 0.3) is 0 Å². The molecule has 110 valence electrons. The lowest BCUT2D eigenvalue weighted by molar-refractivity contribution is 0.0966. The molecular formula is C16H23NO3. The Labute approximate surface area is 120 Å². The molecule has 0 bridgehead atoms. The highest BCUT2D eigenvalue weighted by Gasteiger charge is 2.34. The lowest BCUT2D eigenvalue weighted by atomic mass is 9.99. The van der Waals surface area contributed by atoms with Gasteiger partial charge in [-0.2, -0.15) is 0 Å². The van der Waals surface area contributed by atoms with Crippen LogP contribution in [0.3, 0.4) is 0 Å². The van der Waals surface area contributed by atoms with Crippen molar-refractivity contribution in [1.82, 2.24) is 4.90 Å². The number of amides is 1. The van der Waals surface area contributed by atoms with E-state index in [9.17, 15) is 9.90 Å². The first-order valence-corrected chi connectivity index (χ1v) is 7.34.